The molecular formula is C13H16Cl2N2O. The van der Waals surface area contributed by atoms with Crippen molar-refractivity contribution in [3.8, 4) is 0 Å². The molecule has 0 aromatic heterocycles. The number of benzene rings is 1. The van der Waals surface area contributed by atoms with Crippen molar-refractivity contribution < 1.29 is 4.74 Å². The van der Waals surface area contributed by atoms with Gasteiger partial charge < -0.3 is 9.64 Å². The molecule has 1 unspecified atom stereocenters. The van der Waals surface area contributed by atoms with Gasteiger partial charge in [-0.3, -0.25) is 4.90 Å². The van der Waals surface area contributed by atoms with Gasteiger partial charge in [-0.2, -0.15) is 0 Å². The summed E-state index contributed by atoms with van der Waals surface area (Å²) in [5.74, 6) is 0. The molecule has 0 saturated carbocycles. The summed E-state index contributed by atoms with van der Waals surface area (Å²) >= 11 is 12.0. The Balaban J connectivity index is 1.59. The highest BCUT2D eigenvalue weighted by Crippen LogP contribution is 2.27. The molecule has 0 radical (unpaired) electrons. The smallest absolute Gasteiger partial charge is 0.0936 e. The van der Waals surface area contributed by atoms with E-state index in [0.29, 0.717) is 16.1 Å². The Morgan fingerprint density at radius 1 is 1.11 bits per heavy atom. The minimum absolute atomic E-state index is 0.488. The van der Waals surface area contributed by atoms with E-state index in [9.17, 15) is 0 Å². The molecule has 0 bridgehead atoms. The maximum atomic E-state index is 6.05. The van der Waals surface area contributed by atoms with Gasteiger partial charge in [0, 0.05) is 38.4 Å². The van der Waals surface area contributed by atoms with Crippen LogP contribution in [0.25, 0.3) is 0 Å². The largest absolute Gasteiger partial charge is 0.372 e. The van der Waals surface area contributed by atoms with Crippen LogP contribution in [0.1, 0.15) is 0 Å². The van der Waals surface area contributed by atoms with E-state index in [-0.39, 0.29) is 0 Å². The average molecular weight is 287 g/mol. The van der Waals surface area contributed by atoms with E-state index >= 15 is 0 Å². The van der Waals surface area contributed by atoms with Crippen LogP contribution in [0.15, 0.2) is 18.2 Å². The third-order valence-corrected chi connectivity index (χ3v) is 4.24. The average Bonchev–Trinajstić information content (AvgIpc) is 3.18. The molecule has 1 aromatic rings. The van der Waals surface area contributed by atoms with Crippen molar-refractivity contribution in [2.24, 2.45) is 0 Å². The first-order chi connectivity index (χ1) is 8.72. The number of anilines is 1. The summed E-state index contributed by atoms with van der Waals surface area (Å²) < 4.78 is 5.26. The van der Waals surface area contributed by atoms with Crippen molar-refractivity contribution in [1.29, 1.82) is 0 Å². The van der Waals surface area contributed by atoms with Crippen molar-refractivity contribution in [2.75, 3.05) is 44.2 Å². The van der Waals surface area contributed by atoms with Gasteiger partial charge in [0.15, 0.2) is 0 Å². The maximum absolute atomic E-state index is 6.05. The molecule has 98 valence electrons. The van der Waals surface area contributed by atoms with E-state index in [0.717, 1.165) is 45.0 Å². The third kappa shape index (κ3) is 2.91. The standard InChI is InChI=1S/C13H16Cl2N2O/c14-12-2-1-10(7-13(12)15)17-5-3-16(4-6-17)8-11-9-18-11/h1-2,7,11H,3-6,8-9H2. The molecule has 0 amide bonds. The van der Waals surface area contributed by atoms with E-state index in [1.54, 1.807) is 0 Å². The maximum Gasteiger partial charge on any atom is 0.0936 e. The Bertz CT molecular complexity index is 429. The van der Waals surface area contributed by atoms with Crippen LogP contribution in [-0.4, -0.2) is 50.3 Å². The fraction of sp³-hybridized carbons (Fsp3) is 0.538. The zero-order chi connectivity index (χ0) is 12.5. The van der Waals surface area contributed by atoms with Gasteiger partial charge in [0.05, 0.1) is 22.8 Å². The molecule has 3 nitrogen and oxygen atoms in total. The van der Waals surface area contributed by atoms with Crippen LogP contribution in [-0.2, 0) is 4.74 Å². The summed E-state index contributed by atoms with van der Waals surface area (Å²) in [6.07, 6.45) is 0.488. The quantitative estimate of drug-likeness (QED) is 0.796. The lowest BCUT2D eigenvalue weighted by molar-refractivity contribution is 0.230. The van der Waals surface area contributed by atoms with Crippen molar-refractivity contribution >= 4 is 28.9 Å². The van der Waals surface area contributed by atoms with Gasteiger partial charge in [-0.25, -0.2) is 0 Å². The first kappa shape index (κ1) is 12.5. The van der Waals surface area contributed by atoms with Gasteiger partial charge in [-0.15, -0.1) is 0 Å². The van der Waals surface area contributed by atoms with Gasteiger partial charge >= 0.3 is 0 Å². The van der Waals surface area contributed by atoms with Crippen LogP contribution in [0.5, 0.6) is 0 Å². The summed E-state index contributed by atoms with van der Waals surface area (Å²) in [5.41, 5.74) is 1.16. The fourth-order valence-electron chi connectivity index (χ4n) is 2.33. The molecular weight excluding hydrogens is 271 g/mol. The van der Waals surface area contributed by atoms with Crippen molar-refractivity contribution in [3.63, 3.8) is 0 Å². The second-order valence-electron chi connectivity index (χ2n) is 4.84. The Morgan fingerprint density at radius 2 is 1.83 bits per heavy atom. The van der Waals surface area contributed by atoms with Crippen LogP contribution >= 0.6 is 23.2 Å². The molecule has 0 aliphatic carbocycles. The lowest BCUT2D eigenvalue weighted by Crippen LogP contribution is -2.47. The summed E-state index contributed by atoms with van der Waals surface area (Å²) in [6.45, 7) is 6.25. The van der Waals surface area contributed by atoms with Crippen LogP contribution in [0, 0.1) is 0 Å². The van der Waals surface area contributed by atoms with Gasteiger partial charge in [0.1, 0.15) is 0 Å². The SMILES string of the molecule is Clc1ccc(N2CCN(CC3CO3)CC2)cc1Cl. The molecule has 0 spiro atoms. The number of nitrogens with zero attached hydrogens (tertiary/aromatic N) is 2. The lowest BCUT2D eigenvalue weighted by Gasteiger charge is -2.36. The molecule has 1 aromatic carbocycles. The van der Waals surface area contributed by atoms with Gasteiger partial charge in [0.25, 0.3) is 0 Å². The number of hydrogen-bond donors (Lipinski definition) is 0. The van der Waals surface area contributed by atoms with Crippen molar-refractivity contribution in [3.05, 3.63) is 28.2 Å². The van der Waals surface area contributed by atoms with Gasteiger partial charge in [0.2, 0.25) is 0 Å². The summed E-state index contributed by atoms with van der Waals surface area (Å²) in [4.78, 5) is 4.82. The van der Waals surface area contributed by atoms with Gasteiger partial charge in [-0.1, -0.05) is 23.2 Å². The topological polar surface area (TPSA) is 19.0 Å². The van der Waals surface area contributed by atoms with Crippen LogP contribution in [0.3, 0.4) is 0 Å². The number of piperazine rings is 1. The Morgan fingerprint density at radius 3 is 2.44 bits per heavy atom. The first-order valence-corrected chi connectivity index (χ1v) is 7.02. The summed E-state index contributed by atoms with van der Waals surface area (Å²) in [5, 5.41) is 1.24. The summed E-state index contributed by atoms with van der Waals surface area (Å²) in [6, 6.07) is 5.85. The van der Waals surface area contributed by atoms with Crippen LogP contribution < -0.4 is 4.90 Å². The highest BCUT2D eigenvalue weighted by atomic mass is 35.5. The van der Waals surface area contributed by atoms with Crippen molar-refractivity contribution in [2.45, 2.75) is 6.10 Å². The number of hydrogen-bond acceptors (Lipinski definition) is 3. The fourth-order valence-corrected chi connectivity index (χ4v) is 2.62. The molecule has 0 N–H and O–H groups in total. The molecule has 2 aliphatic rings. The minimum Gasteiger partial charge on any atom is -0.372 e. The van der Waals surface area contributed by atoms with Crippen LogP contribution in [0.2, 0.25) is 10.0 Å². The van der Waals surface area contributed by atoms with E-state index in [4.69, 9.17) is 27.9 Å². The van der Waals surface area contributed by atoms with E-state index in [1.165, 1.54) is 0 Å². The second kappa shape index (κ2) is 5.25. The molecule has 2 heterocycles. The number of rotatable bonds is 3. The molecule has 2 fully saturated rings. The minimum atomic E-state index is 0.488. The number of epoxide rings is 1. The zero-order valence-corrected chi connectivity index (χ0v) is 11.6. The predicted molar refractivity (Wildman–Crippen MR) is 74.9 cm³/mol. The lowest BCUT2D eigenvalue weighted by atomic mass is 10.2. The second-order valence-corrected chi connectivity index (χ2v) is 5.66. The van der Waals surface area contributed by atoms with E-state index in [1.807, 2.05) is 18.2 Å². The number of ether oxygens (including phenoxy) is 1. The highest BCUT2D eigenvalue weighted by Gasteiger charge is 2.27. The Kier molecular flexibility index (Phi) is 3.66. The van der Waals surface area contributed by atoms with E-state index < -0.39 is 0 Å². The third-order valence-electron chi connectivity index (χ3n) is 3.50. The molecule has 18 heavy (non-hydrogen) atoms. The molecule has 1 atom stereocenters. The number of halogens is 2. The molecule has 3 rings (SSSR count). The van der Waals surface area contributed by atoms with Gasteiger partial charge in [-0.05, 0) is 18.2 Å². The molecule has 5 heteroatoms. The predicted octanol–water partition coefficient (Wildman–Crippen LogP) is 2.51. The monoisotopic (exact) mass is 286 g/mol. The van der Waals surface area contributed by atoms with E-state index in [2.05, 4.69) is 9.80 Å². The Labute approximate surface area is 117 Å². The normalized spacial score (nSPS) is 24.3. The molecule has 2 saturated heterocycles. The highest BCUT2D eigenvalue weighted by molar-refractivity contribution is 6.42. The zero-order valence-electron chi connectivity index (χ0n) is 10.1. The summed E-state index contributed by atoms with van der Waals surface area (Å²) in [7, 11) is 0. The van der Waals surface area contributed by atoms with Crippen LogP contribution in [0.4, 0.5) is 5.69 Å². The first-order valence-electron chi connectivity index (χ1n) is 6.26. The Hall–Kier alpha value is -0.480. The van der Waals surface area contributed by atoms with Crippen molar-refractivity contribution in [1.82, 2.24) is 4.90 Å². The molecule has 2 aliphatic heterocycles.